The van der Waals surface area contributed by atoms with Crippen LogP contribution in [0.15, 0.2) is 18.2 Å². The third-order valence-corrected chi connectivity index (χ3v) is 4.98. The van der Waals surface area contributed by atoms with Gasteiger partial charge in [-0.15, -0.1) is 0 Å². The minimum Gasteiger partial charge on any atom is -0.381 e. The molecule has 7 heteroatoms. The monoisotopic (exact) mass is 370 g/mol. The van der Waals surface area contributed by atoms with Crippen molar-refractivity contribution in [1.29, 1.82) is 0 Å². The van der Waals surface area contributed by atoms with E-state index in [0.717, 1.165) is 19.3 Å². The van der Waals surface area contributed by atoms with E-state index in [4.69, 9.17) is 27.9 Å². The number of hydrogen-bond acceptors (Lipinski definition) is 3. The van der Waals surface area contributed by atoms with Gasteiger partial charge in [0.25, 0.3) is 0 Å². The van der Waals surface area contributed by atoms with E-state index in [2.05, 4.69) is 5.32 Å². The fourth-order valence-electron chi connectivity index (χ4n) is 3.33. The van der Waals surface area contributed by atoms with Crippen LogP contribution in [0.5, 0.6) is 0 Å². The molecule has 130 valence electrons. The van der Waals surface area contributed by atoms with Gasteiger partial charge in [-0.05, 0) is 43.9 Å². The molecule has 0 aliphatic carbocycles. The maximum absolute atomic E-state index is 12.7. The van der Waals surface area contributed by atoms with E-state index in [1.54, 1.807) is 23.1 Å². The summed E-state index contributed by atoms with van der Waals surface area (Å²) >= 11 is 11.9. The van der Waals surface area contributed by atoms with Crippen LogP contribution in [-0.2, 0) is 14.3 Å². The van der Waals surface area contributed by atoms with Gasteiger partial charge in [-0.2, -0.15) is 0 Å². The molecule has 0 bridgehead atoms. The van der Waals surface area contributed by atoms with Gasteiger partial charge in [0.1, 0.15) is 6.04 Å². The van der Waals surface area contributed by atoms with E-state index in [-0.39, 0.29) is 17.7 Å². The lowest BCUT2D eigenvalue weighted by Gasteiger charge is -2.30. The smallest absolute Gasteiger partial charge is 0.247 e. The summed E-state index contributed by atoms with van der Waals surface area (Å²) in [5.74, 6) is -0.154. The zero-order valence-corrected chi connectivity index (χ0v) is 14.8. The zero-order valence-electron chi connectivity index (χ0n) is 13.3. The lowest BCUT2D eigenvalue weighted by molar-refractivity contribution is -0.142. The van der Waals surface area contributed by atoms with Crippen LogP contribution in [0.25, 0.3) is 0 Å². The van der Waals surface area contributed by atoms with E-state index in [0.29, 0.717) is 41.9 Å². The SMILES string of the molecule is O=C(Nc1cc(Cl)cc(Cl)c1)C1CCCN1C(=O)C1CCOCC1. The molecule has 1 N–H and O–H groups in total. The first-order chi connectivity index (χ1) is 11.5. The normalized spacial score (nSPS) is 21.8. The molecule has 2 amide bonds. The molecule has 24 heavy (non-hydrogen) atoms. The molecule has 2 aliphatic heterocycles. The molecule has 2 fully saturated rings. The molecule has 1 atom stereocenters. The molecule has 3 rings (SSSR count). The van der Waals surface area contributed by atoms with Crippen LogP contribution in [0.2, 0.25) is 10.0 Å². The number of carbonyl (C=O) groups is 2. The molecule has 0 spiro atoms. The Bertz CT molecular complexity index is 612. The Hall–Kier alpha value is -1.30. The molecule has 0 aromatic heterocycles. The van der Waals surface area contributed by atoms with Crippen molar-refractivity contribution >= 4 is 40.7 Å². The Kier molecular flexibility index (Phi) is 5.64. The Balaban J connectivity index is 1.67. The van der Waals surface area contributed by atoms with Crippen molar-refractivity contribution in [2.75, 3.05) is 25.1 Å². The van der Waals surface area contributed by atoms with Gasteiger partial charge in [0.2, 0.25) is 11.8 Å². The summed E-state index contributed by atoms with van der Waals surface area (Å²) in [4.78, 5) is 27.1. The predicted octanol–water partition coefficient (Wildman–Crippen LogP) is 3.35. The van der Waals surface area contributed by atoms with Crippen molar-refractivity contribution in [2.45, 2.75) is 31.7 Å². The fraction of sp³-hybridized carbons (Fsp3) is 0.529. The van der Waals surface area contributed by atoms with E-state index >= 15 is 0 Å². The second-order valence-corrected chi connectivity index (χ2v) is 7.10. The first-order valence-corrected chi connectivity index (χ1v) is 8.95. The highest BCUT2D eigenvalue weighted by atomic mass is 35.5. The number of hydrogen-bond donors (Lipinski definition) is 1. The lowest BCUT2D eigenvalue weighted by atomic mass is 9.98. The molecule has 2 heterocycles. The van der Waals surface area contributed by atoms with Gasteiger partial charge < -0.3 is 15.0 Å². The van der Waals surface area contributed by atoms with Crippen molar-refractivity contribution < 1.29 is 14.3 Å². The second kappa shape index (κ2) is 7.72. The van der Waals surface area contributed by atoms with Crippen LogP contribution >= 0.6 is 23.2 Å². The first kappa shape index (κ1) is 17.5. The Morgan fingerprint density at radius 3 is 2.42 bits per heavy atom. The number of carbonyl (C=O) groups excluding carboxylic acids is 2. The van der Waals surface area contributed by atoms with Crippen LogP contribution in [0.3, 0.4) is 0 Å². The van der Waals surface area contributed by atoms with E-state index in [1.165, 1.54) is 0 Å². The Labute approximate surface area is 151 Å². The topological polar surface area (TPSA) is 58.6 Å². The van der Waals surface area contributed by atoms with Crippen molar-refractivity contribution in [3.8, 4) is 0 Å². The number of ether oxygens (including phenoxy) is 1. The van der Waals surface area contributed by atoms with Gasteiger partial charge in [-0.3, -0.25) is 9.59 Å². The molecular weight excluding hydrogens is 351 g/mol. The number of nitrogens with one attached hydrogen (secondary N) is 1. The number of amides is 2. The number of anilines is 1. The second-order valence-electron chi connectivity index (χ2n) is 6.22. The average molecular weight is 371 g/mol. The number of halogens is 2. The summed E-state index contributed by atoms with van der Waals surface area (Å²) in [6, 6.07) is 4.46. The number of nitrogens with zero attached hydrogens (tertiary/aromatic N) is 1. The van der Waals surface area contributed by atoms with Crippen LogP contribution < -0.4 is 5.32 Å². The largest absolute Gasteiger partial charge is 0.381 e. The maximum atomic E-state index is 12.7. The number of rotatable bonds is 3. The standard InChI is InChI=1S/C17H20Cl2N2O3/c18-12-8-13(19)10-14(9-12)20-16(22)15-2-1-5-21(15)17(23)11-3-6-24-7-4-11/h8-11,15H,1-7H2,(H,20,22). The fourth-order valence-corrected chi connectivity index (χ4v) is 3.86. The quantitative estimate of drug-likeness (QED) is 0.887. The highest BCUT2D eigenvalue weighted by molar-refractivity contribution is 6.35. The maximum Gasteiger partial charge on any atom is 0.247 e. The van der Waals surface area contributed by atoms with Gasteiger partial charge in [-0.1, -0.05) is 23.2 Å². The van der Waals surface area contributed by atoms with Crippen molar-refractivity contribution in [3.63, 3.8) is 0 Å². The molecular formula is C17H20Cl2N2O3. The van der Waals surface area contributed by atoms with Gasteiger partial charge in [0.15, 0.2) is 0 Å². The number of likely N-dealkylation sites (tertiary alicyclic amines) is 1. The molecule has 1 aromatic rings. The Morgan fingerprint density at radius 2 is 1.75 bits per heavy atom. The lowest BCUT2D eigenvalue weighted by Crippen LogP contribution is -2.46. The molecule has 0 radical (unpaired) electrons. The van der Waals surface area contributed by atoms with Gasteiger partial charge >= 0.3 is 0 Å². The highest BCUT2D eigenvalue weighted by Gasteiger charge is 2.37. The molecule has 2 saturated heterocycles. The first-order valence-electron chi connectivity index (χ1n) is 8.20. The zero-order chi connectivity index (χ0) is 17.1. The Morgan fingerprint density at radius 1 is 1.08 bits per heavy atom. The van der Waals surface area contributed by atoms with E-state index in [9.17, 15) is 9.59 Å². The van der Waals surface area contributed by atoms with E-state index < -0.39 is 6.04 Å². The molecule has 2 aliphatic rings. The van der Waals surface area contributed by atoms with Gasteiger partial charge in [-0.25, -0.2) is 0 Å². The van der Waals surface area contributed by atoms with Gasteiger partial charge in [0.05, 0.1) is 0 Å². The van der Waals surface area contributed by atoms with Crippen molar-refractivity contribution in [2.24, 2.45) is 5.92 Å². The average Bonchev–Trinajstić information content (AvgIpc) is 3.03. The summed E-state index contributed by atoms with van der Waals surface area (Å²) < 4.78 is 5.31. The number of benzene rings is 1. The third-order valence-electron chi connectivity index (χ3n) is 4.54. The van der Waals surface area contributed by atoms with Crippen LogP contribution in [0.4, 0.5) is 5.69 Å². The minimum atomic E-state index is -0.432. The molecule has 0 saturated carbocycles. The van der Waals surface area contributed by atoms with Crippen LogP contribution in [0.1, 0.15) is 25.7 Å². The molecule has 5 nitrogen and oxygen atoms in total. The summed E-state index contributed by atoms with van der Waals surface area (Å²) in [6.07, 6.45) is 2.97. The molecule has 1 unspecified atom stereocenters. The summed E-state index contributed by atoms with van der Waals surface area (Å²) in [6.45, 7) is 1.86. The van der Waals surface area contributed by atoms with E-state index in [1.807, 2.05) is 0 Å². The predicted molar refractivity (Wildman–Crippen MR) is 93.4 cm³/mol. The minimum absolute atomic E-state index is 0.0345. The summed E-state index contributed by atoms with van der Waals surface area (Å²) in [5, 5.41) is 3.74. The molecule has 1 aromatic carbocycles. The van der Waals surface area contributed by atoms with Crippen LogP contribution in [0, 0.1) is 5.92 Å². The summed E-state index contributed by atoms with van der Waals surface area (Å²) in [7, 11) is 0. The summed E-state index contributed by atoms with van der Waals surface area (Å²) in [5.41, 5.74) is 0.544. The van der Waals surface area contributed by atoms with Gasteiger partial charge in [0, 0.05) is 41.4 Å². The highest BCUT2D eigenvalue weighted by Crippen LogP contribution is 2.27. The van der Waals surface area contributed by atoms with Crippen molar-refractivity contribution in [1.82, 2.24) is 4.90 Å². The van der Waals surface area contributed by atoms with Crippen molar-refractivity contribution in [3.05, 3.63) is 28.2 Å². The van der Waals surface area contributed by atoms with Crippen LogP contribution in [-0.4, -0.2) is 42.5 Å². The third kappa shape index (κ3) is 4.02.